The third kappa shape index (κ3) is 4.23. The third-order valence-electron chi connectivity index (χ3n) is 3.64. The van der Waals surface area contributed by atoms with Gasteiger partial charge in [0.1, 0.15) is 6.04 Å². The average molecular weight is 326 g/mol. The average Bonchev–Trinajstić information content (AvgIpc) is 2.57. The van der Waals surface area contributed by atoms with Gasteiger partial charge in [0.05, 0.1) is 7.11 Å². The van der Waals surface area contributed by atoms with Crippen molar-refractivity contribution in [1.29, 1.82) is 0 Å². The molecule has 0 unspecified atom stereocenters. The van der Waals surface area contributed by atoms with Crippen molar-refractivity contribution in [3.8, 4) is 0 Å². The molecule has 2 rings (SSSR count). The van der Waals surface area contributed by atoms with E-state index in [1.54, 1.807) is 23.1 Å². The van der Waals surface area contributed by atoms with Crippen molar-refractivity contribution >= 4 is 23.5 Å². The predicted molar refractivity (Wildman–Crippen MR) is 88.2 cm³/mol. The van der Waals surface area contributed by atoms with Crippen molar-refractivity contribution in [1.82, 2.24) is 4.90 Å². The van der Waals surface area contributed by atoms with Gasteiger partial charge in [-0.1, -0.05) is 25.4 Å². The Morgan fingerprint density at radius 3 is 2.55 bits per heavy atom. The highest BCUT2D eigenvalue weighted by molar-refractivity contribution is 6.31. The van der Waals surface area contributed by atoms with E-state index >= 15 is 0 Å². The molecule has 1 aromatic carbocycles. The maximum atomic E-state index is 12.6. The molecule has 1 aliphatic heterocycles. The molecule has 1 fully saturated rings. The van der Waals surface area contributed by atoms with Gasteiger partial charge in [-0.2, -0.15) is 0 Å². The Morgan fingerprint density at radius 2 is 1.95 bits per heavy atom. The quantitative estimate of drug-likeness (QED) is 0.776. The highest BCUT2D eigenvalue weighted by Crippen LogP contribution is 2.23. The van der Waals surface area contributed by atoms with Gasteiger partial charge in [0.25, 0.3) is 5.91 Å². The summed E-state index contributed by atoms with van der Waals surface area (Å²) in [6, 6.07) is 4.69. The molecule has 122 valence electrons. The van der Waals surface area contributed by atoms with Crippen LogP contribution < -0.4 is 0 Å². The molecule has 0 radical (unpaired) electrons. The third-order valence-corrected chi connectivity index (χ3v) is 4.07. The zero-order valence-electron chi connectivity index (χ0n) is 13.7. The second-order valence-corrected chi connectivity index (χ2v) is 5.40. The number of halogens is 1. The fourth-order valence-corrected chi connectivity index (χ4v) is 2.62. The molecule has 5 heteroatoms. The molecule has 0 saturated carbocycles. The molecule has 1 aromatic rings. The first-order chi connectivity index (χ1) is 10.5. The van der Waals surface area contributed by atoms with Crippen LogP contribution in [0.1, 0.15) is 49.0 Å². The lowest BCUT2D eigenvalue weighted by Crippen LogP contribution is -2.48. The summed E-state index contributed by atoms with van der Waals surface area (Å²) in [6.45, 7) is 6.44. The SMILES string of the molecule is CC.COC(=O)[C@H]1CCCCN1C(=O)c1ccc(Cl)c(C)c1. The number of aryl methyl sites for hydroxylation is 1. The number of benzene rings is 1. The minimum atomic E-state index is -0.475. The summed E-state index contributed by atoms with van der Waals surface area (Å²) in [4.78, 5) is 26.0. The fraction of sp³-hybridized carbons (Fsp3) is 0.529. The van der Waals surface area contributed by atoms with Crippen LogP contribution in [0.25, 0.3) is 0 Å². The monoisotopic (exact) mass is 325 g/mol. The van der Waals surface area contributed by atoms with Crippen LogP contribution in [0.3, 0.4) is 0 Å². The second kappa shape index (κ2) is 8.79. The number of piperidine rings is 1. The molecule has 0 bridgehead atoms. The summed E-state index contributed by atoms with van der Waals surface area (Å²) >= 11 is 5.97. The molecule has 1 atom stereocenters. The van der Waals surface area contributed by atoms with Gasteiger partial charge >= 0.3 is 5.97 Å². The molecule has 0 spiro atoms. The van der Waals surface area contributed by atoms with Crippen LogP contribution in [0, 0.1) is 6.92 Å². The van der Waals surface area contributed by atoms with E-state index in [2.05, 4.69) is 0 Å². The zero-order valence-corrected chi connectivity index (χ0v) is 14.4. The van der Waals surface area contributed by atoms with Crippen LogP contribution in [-0.4, -0.2) is 36.5 Å². The number of likely N-dealkylation sites (tertiary alicyclic amines) is 1. The van der Waals surface area contributed by atoms with E-state index in [1.165, 1.54) is 7.11 Å². The number of rotatable bonds is 2. The summed E-state index contributed by atoms with van der Waals surface area (Å²) in [6.07, 6.45) is 2.50. The maximum absolute atomic E-state index is 12.6. The summed E-state index contributed by atoms with van der Waals surface area (Å²) in [5.41, 5.74) is 1.41. The summed E-state index contributed by atoms with van der Waals surface area (Å²) < 4.78 is 4.79. The van der Waals surface area contributed by atoms with Crippen molar-refractivity contribution in [3.63, 3.8) is 0 Å². The minimum Gasteiger partial charge on any atom is -0.467 e. The van der Waals surface area contributed by atoms with E-state index in [1.807, 2.05) is 20.8 Å². The van der Waals surface area contributed by atoms with E-state index in [-0.39, 0.29) is 11.9 Å². The van der Waals surface area contributed by atoms with E-state index in [0.29, 0.717) is 23.6 Å². The zero-order chi connectivity index (χ0) is 16.7. The maximum Gasteiger partial charge on any atom is 0.328 e. The molecule has 0 aromatic heterocycles. The van der Waals surface area contributed by atoms with Crippen molar-refractivity contribution in [2.24, 2.45) is 0 Å². The van der Waals surface area contributed by atoms with E-state index in [4.69, 9.17) is 16.3 Å². The minimum absolute atomic E-state index is 0.139. The Hall–Kier alpha value is -1.55. The summed E-state index contributed by atoms with van der Waals surface area (Å²) in [5, 5.41) is 0.629. The summed E-state index contributed by atoms with van der Waals surface area (Å²) in [5.74, 6) is -0.483. The van der Waals surface area contributed by atoms with Crippen molar-refractivity contribution in [2.45, 2.75) is 46.1 Å². The molecule has 1 heterocycles. The van der Waals surface area contributed by atoms with Gasteiger partial charge in [0.2, 0.25) is 0 Å². The van der Waals surface area contributed by atoms with Crippen LogP contribution in [0.5, 0.6) is 0 Å². The number of ether oxygens (including phenoxy) is 1. The molecule has 0 aliphatic carbocycles. The van der Waals surface area contributed by atoms with Crippen LogP contribution in [0.2, 0.25) is 5.02 Å². The lowest BCUT2D eigenvalue weighted by atomic mass is 10.0. The Morgan fingerprint density at radius 1 is 1.27 bits per heavy atom. The number of carbonyl (C=O) groups excluding carboxylic acids is 2. The number of nitrogens with zero attached hydrogens (tertiary/aromatic N) is 1. The Balaban J connectivity index is 0.00000116. The van der Waals surface area contributed by atoms with Gasteiger partial charge < -0.3 is 9.64 Å². The van der Waals surface area contributed by atoms with Crippen molar-refractivity contribution in [3.05, 3.63) is 34.3 Å². The molecule has 22 heavy (non-hydrogen) atoms. The van der Waals surface area contributed by atoms with Gasteiger partial charge in [-0.15, -0.1) is 0 Å². The normalized spacial score (nSPS) is 17.3. The molecule has 0 N–H and O–H groups in total. The summed E-state index contributed by atoms with van der Waals surface area (Å²) in [7, 11) is 1.35. The molecular weight excluding hydrogens is 302 g/mol. The highest BCUT2D eigenvalue weighted by atomic mass is 35.5. The number of carbonyl (C=O) groups is 2. The molecular formula is C17H24ClNO3. The molecule has 1 amide bonds. The Labute approximate surface area is 137 Å². The van der Waals surface area contributed by atoms with Crippen LogP contribution in [0.15, 0.2) is 18.2 Å². The smallest absolute Gasteiger partial charge is 0.328 e. The van der Waals surface area contributed by atoms with E-state index in [9.17, 15) is 9.59 Å². The van der Waals surface area contributed by atoms with Gasteiger partial charge in [0.15, 0.2) is 0 Å². The number of hydrogen-bond donors (Lipinski definition) is 0. The largest absolute Gasteiger partial charge is 0.467 e. The predicted octanol–water partition coefficient (Wildman–Crippen LogP) is 3.84. The van der Waals surface area contributed by atoms with Crippen LogP contribution >= 0.6 is 11.6 Å². The standard InChI is InChI=1S/C15H18ClNO3.C2H6/c1-10-9-11(6-7-12(10)16)14(18)17-8-4-3-5-13(17)15(19)20-2;1-2/h6-7,9,13H,3-5,8H2,1-2H3;1-2H3/t13-;/m1./s1. The number of hydrogen-bond acceptors (Lipinski definition) is 3. The Bertz CT molecular complexity index is 531. The van der Waals surface area contributed by atoms with Gasteiger partial charge in [0, 0.05) is 17.1 Å². The number of methoxy groups -OCH3 is 1. The Kier molecular flexibility index (Phi) is 7.39. The first kappa shape index (κ1) is 18.5. The first-order valence-corrected chi connectivity index (χ1v) is 8.07. The molecule has 4 nitrogen and oxygen atoms in total. The van der Waals surface area contributed by atoms with Gasteiger partial charge in [-0.3, -0.25) is 4.79 Å². The van der Waals surface area contributed by atoms with Crippen LogP contribution in [0.4, 0.5) is 0 Å². The lowest BCUT2D eigenvalue weighted by Gasteiger charge is -2.33. The fourth-order valence-electron chi connectivity index (χ4n) is 2.50. The number of amides is 1. The van der Waals surface area contributed by atoms with E-state index < -0.39 is 6.04 Å². The molecule has 1 aliphatic rings. The van der Waals surface area contributed by atoms with Crippen molar-refractivity contribution < 1.29 is 14.3 Å². The van der Waals surface area contributed by atoms with Crippen LogP contribution in [-0.2, 0) is 9.53 Å². The second-order valence-electron chi connectivity index (χ2n) is 5.00. The van der Waals surface area contributed by atoms with Crippen molar-refractivity contribution in [2.75, 3.05) is 13.7 Å². The van der Waals surface area contributed by atoms with E-state index in [0.717, 1.165) is 18.4 Å². The van der Waals surface area contributed by atoms with Gasteiger partial charge in [-0.05, 0) is 49.9 Å². The van der Waals surface area contributed by atoms with Gasteiger partial charge in [-0.25, -0.2) is 4.79 Å². The first-order valence-electron chi connectivity index (χ1n) is 7.69. The topological polar surface area (TPSA) is 46.6 Å². The lowest BCUT2D eigenvalue weighted by molar-refractivity contribution is -0.147. The number of esters is 1. The molecule has 1 saturated heterocycles. The highest BCUT2D eigenvalue weighted by Gasteiger charge is 2.33.